The summed E-state index contributed by atoms with van der Waals surface area (Å²) in [6.45, 7) is 6.27. The van der Waals surface area contributed by atoms with E-state index in [2.05, 4.69) is 29.7 Å². The van der Waals surface area contributed by atoms with Crippen molar-refractivity contribution in [2.75, 3.05) is 19.7 Å². The summed E-state index contributed by atoms with van der Waals surface area (Å²) < 4.78 is 5.43. The average Bonchev–Trinajstić information content (AvgIpc) is 3.29. The summed E-state index contributed by atoms with van der Waals surface area (Å²) in [5, 5.41) is 6.37. The Hall–Kier alpha value is -1.55. The number of hydrogen-bond donors (Lipinski definition) is 2. The van der Waals surface area contributed by atoms with Gasteiger partial charge in [0.25, 0.3) is 0 Å². The Bertz CT molecular complexity index is 427. The van der Waals surface area contributed by atoms with Crippen LogP contribution in [0.2, 0.25) is 0 Å². The van der Waals surface area contributed by atoms with E-state index in [1.807, 2.05) is 19.1 Å². The summed E-state index contributed by atoms with van der Waals surface area (Å²) in [6.07, 6.45) is 2.11. The van der Waals surface area contributed by atoms with Crippen LogP contribution in [0, 0.1) is 5.92 Å². The molecule has 1 aliphatic carbocycles. The number of rotatable bonds is 8. The highest BCUT2D eigenvalue weighted by Gasteiger charge is 2.28. The molecule has 1 aromatic rings. The molecule has 2 N–H and O–H groups in total. The van der Waals surface area contributed by atoms with Gasteiger partial charge in [-0.25, -0.2) is 0 Å². The minimum atomic E-state index is 0.209. The smallest absolute Gasteiger partial charge is 0.223 e. The highest BCUT2D eigenvalue weighted by atomic mass is 16.5. The van der Waals surface area contributed by atoms with Gasteiger partial charge in [-0.1, -0.05) is 12.1 Å². The molecule has 0 aliphatic heterocycles. The Morgan fingerprint density at radius 3 is 2.60 bits per heavy atom. The lowest BCUT2D eigenvalue weighted by molar-refractivity contribution is -0.122. The lowest BCUT2D eigenvalue weighted by atomic mass is 10.1. The number of ether oxygens (including phenoxy) is 1. The van der Waals surface area contributed by atoms with Gasteiger partial charge in [-0.05, 0) is 44.4 Å². The molecule has 20 heavy (non-hydrogen) atoms. The van der Waals surface area contributed by atoms with E-state index in [0.717, 1.165) is 25.1 Å². The highest BCUT2D eigenvalue weighted by Crippen LogP contribution is 2.28. The van der Waals surface area contributed by atoms with Crippen LogP contribution in [0.25, 0.3) is 0 Å². The van der Waals surface area contributed by atoms with Crippen molar-refractivity contribution in [3.8, 4) is 5.75 Å². The van der Waals surface area contributed by atoms with Crippen molar-refractivity contribution in [1.29, 1.82) is 0 Å². The van der Waals surface area contributed by atoms with Gasteiger partial charge in [-0.3, -0.25) is 4.79 Å². The normalized spacial score (nSPS) is 15.7. The van der Waals surface area contributed by atoms with Crippen LogP contribution in [0.4, 0.5) is 0 Å². The maximum Gasteiger partial charge on any atom is 0.223 e. The Morgan fingerprint density at radius 1 is 1.30 bits per heavy atom. The second-order valence-corrected chi connectivity index (χ2v) is 5.24. The summed E-state index contributed by atoms with van der Waals surface area (Å²) in [6, 6.07) is 8.40. The van der Waals surface area contributed by atoms with Crippen LogP contribution in [0.3, 0.4) is 0 Å². The van der Waals surface area contributed by atoms with Crippen molar-refractivity contribution in [1.82, 2.24) is 10.6 Å². The van der Waals surface area contributed by atoms with E-state index in [1.165, 1.54) is 5.56 Å². The molecule has 110 valence electrons. The molecule has 1 atom stereocenters. The molecular weight excluding hydrogens is 252 g/mol. The summed E-state index contributed by atoms with van der Waals surface area (Å²) in [5.74, 6) is 1.40. The van der Waals surface area contributed by atoms with E-state index >= 15 is 0 Å². The summed E-state index contributed by atoms with van der Waals surface area (Å²) in [5.41, 5.74) is 1.22. The quantitative estimate of drug-likeness (QED) is 0.716. The van der Waals surface area contributed by atoms with E-state index in [9.17, 15) is 4.79 Å². The first-order chi connectivity index (χ1) is 9.70. The molecule has 0 radical (unpaired) electrons. The first-order valence-corrected chi connectivity index (χ1v) is 7.44. The summed E-state index contributed by atoms with van der Waals surface area (Å²) >= 11 is 0. The molecule has 4 heteroatoms. The van der Waals surface area contributed by atoms with Crippen LogP contribution in [-0.2, 0) is 4.79 Å². The lowest BCUT2D eigenvalue weighted by Gasteiger charge is -2.15. The van der Waals surface area contributed by atoms with Crippen LogP contribution in [0.1, 0.15) is 38.3 Å². The molecule has 0 bridgehead atoms. The van der Waals surface area contributed by atoms with Gasteiger partial charge in [-0.2, -0.15) is 0 Å². The maximum atomic E-state index is 11.5. The van der Waals surface area contributed by atoms with Crippen LogP contribution in [0.15, 0.2) is 24.3 Å². The molecular formula is C16H24N2O2. The minimum absolute atomic E-state index is 0.209. The van der Waals surface area contributed by atoms with E-state index in [4.69, 9.17) is 4.74 Å². The Kier molecular flexibility index (Phi) is 5.41. The first-order valence-electron chi connectivity index (χ1n) is 7.44. The third-order valence-corrected chi connectivity index (χ3v) is 3.51. The van der Waals surface area contributed by atoms with Gasteiger partial charge >= 0.3 is 0 Å². The van der Waals surface area contributed by atoms with Gasteiger partial charge < -0.3 is 15.4 Å². The number of nitrogens with one attached hydrogen (secondary N) is 2. The topological polar surface area (TPSA) is 50.4 Å². The van der Waals surface area contributed by atoms with E-state index < -0.39 is 0 Å². The maximum absolute atomic E-state index is 11.5. The van der Waals surface area contributed by atoms with E-state index in [0.29, 0.717) is 19.1 Å². The monoisotopic (exact) mass is 276 g/mol. The summed E-state index contributed by atoms with van der Waals surface area (Å²) in [7, 11) is 0. The van der Waals surface area contributed by atoms with Gasteiger partial charge in [0, 0.05) is 25.0 Å². The number of amides is 1. The zero-order chi connectivity index (χ0) is 14.4. The van der Waals surface area contributed by atoms with Gasteiger partial charge in [0.15, 0.2) is 0 Å². The average molecular weight is 276 g/mol. The SMILES string of the molecule is CCOc1ccc(C(C)NCCNC(=O)C2CC2)cc1. The number of carbonyl (C=O) groups is 1. The highest BCUT2D eigenvalue weighted by molar-refractivity contribution is 5.80. The number of carbonyl (C=O) groups excluding carboxylic acids is 1. The molecule has 1 saturated carbocycles. The molecule has 4 nitrogen and oxygen atoms in total. The first kappa shape index (κ1) is 14.9. The largest absolute Gasteiger partial charge is 0.494 e. The fourth-order valence-corrected chi connectivity index (χ4v) is 2.10. The molecule has 1 amide bonds. The fourth-order valence-electron chi connectivity index (χ4n) is 2.10. The molecule has 1 aromatic carbocycles. The fraction of sp³-hybridized carbons (Fsp3) is 0.562. The van der Waals surface area contributed by atoms with Gasteiger partial charge in [0.05, 0.1) is 6.61 Å². The minimum Gasteiger partial charge on any atom is -0.494 e. The van der Waals surface area contributed by atoms with Crippen molar-refractivity contribution >= 4 is 5.91 Å². The number of hydrogen-bond acceptors (Lipinski definition) is 3. The molecule has 0 saturated heterocycles. The van der Waals surface area contributed by atoms with E-state index in [-0.39, 0.29) is 11.9 Å². The molecule has 0 aromatic heterocycles. The van der Waals surface area contributed by atoms with Crippen molar-refractivity contribution < 1.29 is 9.53 Å². The van der Waals surface area contributed by atoms with Crippen LogP contribution < -0.4 is 15.4 Å². The second-order valence-electron chi connectivity index (χ2n) is 5.24. The third-order valence-electron chi connectivity index (χ3n) is 3.51. The predicted octanol–water partition coefficient (Wildman–Crippen LogP) is 2.26. The van der Waals surface area contributed by atoms with Crippen molar-refractivity contribution in [2.45, 2.75) is 32.7 Å². The molecule has 1 unspecified atom stereocenters. The van der Waals surface area contributed by atoms with Crippen LogP contribution >= 0.6 is 0 Å². The van der Waals surface area contributed by atoms with Gasteiger partial charge in [0.2, 0.25) is 5.91 Å². The van der Waals surface area contributed by atoms with Crippen LogP contribution in [0.5, 0.6) is 5.75 Å². The molecule has 2 rings (SSSR count). The van der Waals surface area contributed by atoms with Crippen molar-refractivity contribution in [3.05, 3.63) is 29.8 Å². The second kappa shape index (κ2) is 7.29. The zero-order valence-corrected chi connectivity index (χ0v) is 12.3. The van der Waals surface area contributed by atoms with Gasteiger partial charge in [-0.15, -0.1) is 0 Å². The number of benzene rings is 1. The molecule has 1 aliphatic rings. The van der Waals surface area contributed by atoms with E-state index in [1.54, 1.807) is 0 Å². The zero-order valence-electron chi connectivity index (χ0n) is 12.3. The summed E-state index contributed by atoms with van der Waals surface area (Å²) in [4.78, 5) is 11.5. The Morgan fingerprint density at radius 2 is 2.00 bits per heavy atom. The van der Waals surface area contributed by atoms with Crippen molar-refractivity contribution in [3.63, 3.8) is 0 Å². The lowest BCUT2D eigenvalue weighted by Crippen LogP contribution is -2.33. The predicted molar refractivity (Wildman–Crippen MR) is 79.8 cm³/mol. The molecule has 0 heterocycles. The standard InChI is InChI=1S/C16H24N2O2/c1-3-20-15-8-6-13(7-9-15)12(2)17-10-11-18-16(19)14-4-5-14/h6-9,12,14,17H,3-5,10-11H2,1-2H3,(H,18,19). The molecule has 0 spiro atoms. The van der Waals surface area contributed by atoms with Crippen LogP contribution in [-0.4, -0.2) is 25.6 Å². The molecule has 1 fully saturated rings. The third kappa shape index (κ3) is 4.53. The Balaban J connectivity index is 1.67. The van der Waals surface area contributed by atoms with Crippen molar-refractivity contribution in [2.24, 2.45) is 5.92 Å². The van der Waals surface area contributed by atoms with Gasteiger partial charge in [0.1, 0.15) is 5.75 Å². The Labute approximate surface area is 120 Å².